The van der Waals surface area contributed by atoms with E-state index in [1.165, 1.54) is 18.1 Å². The van der Waals surface area contributed by atoms with Crippen LogP contribution in [0.25, 0.3) is 0 Å². The van der Waals surface area contributed by atoms with Crippen molar-refractivity contribution in [2.75, 3.05) is 12.4 Å². The van der Waals surface area contributed by atoms with E-state index in [9.17, 15) is 0 Å². The number of aryl methyl sites for hydroxylation is 2. The molecule has 2 aromatic rings. The van der Waals surface area contributed by atoms with E-state index in [1.54, 1.807) is 4.68 Å². The molecule has 0 atom stereocenters. The minimum absolute atomic E-state index is 0.818. The highest BCUT2D eigenvalue weighted by atomic mass is 32.2. The Morgan fingerprint density at radius 2 is 2.22 bits per heavy atom. The zero-order valence-electron chi connectivity index (χ0n) is 10.7. The van der Waals surface area contributed by atoms with Gasteiger partial charge in [-0.25, -0.2) is 19.6 Å². The number of aromatic nitrogens is 5. The minimum Gasteiger partial charge on any atom is -0.373 e. The lowest BCUT2D eigenvalue weighted by molar-refractivity contribution is 0.684. The van der Waals surface area contributed by atoms with Crippen molar-refractivity contribution in [2.45, 2.75) is 29.9 Å². The summed E-state index contributed by atoms with van der Waals surface area (Å²) in [6.45, 7) is 2.12. The highest BCUT2D eigenvalue weighted by molar-refractivity contribution is 7.99. The van der Waals surface area contributed by atoms with Crippen LogP contribution in [0.4, 0.5) is 5.82 Å². The second-order valence-corrected chi connectivity index (χ2v) is 4.76. The Bertz CT molecular complexity index is 524. The molecule has 0 fully saturated rings. The Morgan fingerprint density at radius 1 is 1.39 bits per heavy atom. The number of nitrogens with one attached hydrogen (secondary N) is 1. The van der Waals surface area contributed by atoms with Crippen LogP contribution in [0.5, 0.6) is 0 Å². The van der Waals surface area contributed by atoms with Gasteiger partial charge in [0.1, 0.15) is 23.0 Å². The average molecular weight is 264 g/mol. The Hall–Kier alpha value is -1.63. The SMILES string of the molecule is CCCc1nc(NC)cc(Sc2ncnn2C)n1. The third kappa shape index (κ3) is 2.98. The lowest BCUT2D eigenvalue weighted by Crippen LogP contribution is -2.01. The number of hydrogen-bond donors (Lipinski definition) is 1. The van der Waals surface area contributed by atoms with Crippen LogP contribution in [0, 0.1) is 0 Å². The second kappa shape index (κ2) is 5.81. The summed E-state index contributed by atoms with van der Waals surface area (Å²) in [5.41, 5.74) is 0. The monoisotopic (exact) mass is 264 g/mol. The van der Waals surface area contributed by atoms with Crippen LogP contribution < -0.4 is 5.32 Å². The summed E-state index contributed by atoms with van der Waals surface area (Å²) in [5, 5.41) is 8.79. The molecule has 0 saturated heterocycles. The van der Waals surface area contributed by atoms with Gasteiger partial charge in [0, 0.05) is 26.6 Å². The third-order valence-corrected chi connectivity index (χ3v) is 3.31. The zero-order chi connectivity index (χ0) is 13.0. The smallest absolute Gasteiger partial charge is 0.192 e. The number of rotatable bonds is 5. The molecule has 0 aliphatic carbocycles. The Morgan fingerprint density at radius 3 is 2.83 bits per heavy atom. The lowest BCUT2D eigenvalue weighted by atomic mass is 10.3. The van der Waals surface area contributed by atoms with E-state index in [0.717, 1.165) is 34.7 Å². The molecular weight excluding hydrogens is 248 g/mol. The van der Waals surface area contributed by atoms with Crippen LogP contribution in [0.1, 0.15) is 19.2 Å². The molecule has 6 nitrogen and oxygen atoms in total. The maximum atomic E-state index is 4.52. The fraction of sp³-hybridized carbons (Fsp3) is 0.455. The van der Waals surface area contributed by atoms with Crippen molar-refractivity contribution in [1.82, 2.24) is 24.7 Å². The molecule has 0 unspecified atom stereocenters. The van der Waals surface area contributed by atoms with E-state index in [-0.39, 0.29) is 0 Å². The molecule has 0 aliphatic rings. The Kier molecular flexibility index (Phi) is 4.14. The zero-order valence-corrected chi connectivity index (χ0v) is 11.5. The maximum Gasteiger partial charge on any atom is 0.192 e. The van der Waals surface area contributed by atoms with E-state index < -0.39 is 0 Å². The van der Waals surface area contributed by atoms with Crippen LogP contribution in [0.15, 0.2) is 22.6 Å². The number of hydrogen-bond acceptors (Lipinski definition) is 6. The fourth-order valence-electron chi connectivity index (χ4n) is 1.46. The minimum atomic E-state index is 0.818. The van der Waals surface area contributed by atoms with E-state index in [4.69, 9.17) is 0 Å². The van der Waals surface area contributed by atoms with Crippen molar-refractivity contribution in [3.8, 4) is 0 Å². The van der Waals surface area contributed by atoms with Gasteiger partial charge in [0.05, 0.1) is 0 Å². The third-order valence-electron chi connectivity index (χ3n) is 2.34. The Labute approximate surface area is 110 Å². The lowest BCUT2D eigenvalue weighted by Gasteiger charge is -2.06. The van der Waals surface area contributed by atoms with Gasteiger partial charge in [-0.3, -0.25) is 0 Å². The Balaban J connectivity index is 2.26. The first-order valence-corrected chi connectivity index (χ1v) is 6.62. The molecule has 0 amide bonds. The van der Waals surface area contributed by atoms with Crippen molar-refractivity contribution < 1.29 is 0 Å². The van der Waals surface area contributed by atoms with Gasteiger partial charge in [0.25, 0.3) is 0 Å². The van der Waals surface area contributed by atoms with E-state index >= 15 is 0 Å². The largest absolute Gasteiger partial charge is 0.373 e. The first-order chi connectivity index (χ1) is 8.72. The highest BCUT2D eigenvalue weighted by Crippen LogP contribution is 2.25. The van der Waals surface area contributed by atoms with E-state index in [0.29, 0.717) is 0 Å². The van der Waals surface area contributed by atoms with Crippen molar-refractivity contribution >= 4 is 17.6 Å². The number of nitrogens with zero attached hydrogens (tertiary/aromatic N) is 5. The van der Waals surface area contributed by atoms with Gasteiger partial charge in [-0.15, -0.1) is 0 Å². The summed E-state index contributed by atoms with van der Waals surface area (Å²) in [4.78, 5) is 13.1. The number of anilines is 1. The van der Waals surface area contributed by atoms with Crippen LogP contribution in [0.3, 0.4) is 0 Å². The van der Waals surface area contributed by atoms with E-state index in [1.807, 2.05) is 20.2 Å². The predicted octanol–water partition coefficient (Wildman–Crippen LogP) is 1.75. The summed E-state index contributed by atoms with van der Waals surface area (Å²) in [6.07, 6.45) is 3.44. The van der Waals surface area contributed by atoms with Crippen molar-refractivity contribution in [2.24, 2.45) is 7.05 Å². The quantitative estimate of drug-likeness (QED) is 0.830. The van der Waals surface area contributed by atoms with Gasteiger partial charge in [0.2, 0.25) is 0 Å². The van der Waals surface area contributed by atoms with Gasteiger partial charge in [-0.05, 0) is 18.2 Å². The fourth-order valence-corrected chi connectivity index (χ4v) is 2.25. The average Bonchev–Trinajstić information content (AvgIpc) is 2.75. The molecule has 0 aliphatic heterocycles. The summed E-state index contributed by atoms with van der Waals surface area (Å²) in [5.74, 6) is 1.69. The maximum absolute atomic E-state index is 4.52. The molecule has 0 radical (unpaired) electrons. The van der Waals surface area contributed by atoms with Gasteiger partial charge in [0.15, 0.2) is 5.16 Å². The predicted molar refractivity (Wildman–Crippen MR) is 70.7 cm³/mol. The standard InChI is InChI=1S/C11H16N6S/c1-4-5-8-15-9(12-2)6-10(16-8)18-11-13-7-14-17(11)3/h6-7H,4-5H2,1-3H3,(H,12,15,16). The second-order valence-electron chi connectivity index (χ2n) is 3.78. The first-order valence-electron chi connectivity index (χ1n) is 5.80. The summed E-state index contributed by atoms with van der Waals surface area (Å²) in [6, 6.07) is 1.92. The molecular formula is C11H16N6S. The molecule has 2 heterocycles. The molecule has 1 N–H and O–H groups in total. The summed E-state index contributed by atoms with van der Waals surface area (Å²) >= 11 is 1.49. The highest BCUT2D eigenvalue weighted by Gasteiger charge is 2.08. The molecule has 2 aromatic heterocycles. The van der Waals surface area contributed by atoms with Crippen molar-refractivity contribution in [3.63, 3.8) is 0 Å². The van der Waals surface area contributed by atoms with Gasteiger partial charge in [-0.1, -0.05) is 6.92 Å². The van der Waals surface area contributed by atoms with Gasteiger partial charge < -0.3 is 5.32 Å². The molecule has 96 valence electrons. The molecule has 0 saturated carbocycles. The summed E-state index contributed by atoms with van der Waals surface area (Å²) < 4.78 is 1.73. The molecule has 0 aromatic carbocycles. The molecule has 0 spiro atoms. The normalized spacial score (nSPS) is 10.6. The molecule has 7 heteroatoms. The van der Waals surface area contributed by atoms with Crippen LogP contribution in [-0.2, 0) is 13.5 Å². The van der Waals surface area contributed by atoms with E-state index in [2.05, 4.69) is 32.3 Å². The van der Waals surface area contributed by atoms with Crippen LogP contribution in [0.2, 0.25) is 0 Å². The van der Waals surface area contributed by atoms with Crippen molar-refractivity contribution in [3.05, 3.63) is 18.2 Å². The van der Waals surface area contributed by atoms with Gasteiger partial charge >= 0.3 is 0 Å². The van der Waals surface area contributed by atoms with Crippen LogP contribution in [-0.4, -0.2) is 31.8 Å². The van der Waals surface area contributed by atoms with Gasteiger partial charge in [-0.2, -0.15) is 5.10 Å². The molecule has 0 bridgehead atoms. The topological polar surface area (TPSA) is 68.5 Å². The molecule has 18 heavy (non-hydrogen) atoms. The molecule has 2 rings (SSSR count). The van der Waals surface area contributed by atoms with Crippen LogP contribution >= 0.6 is 11.8 Å². The van der Waals surface area contributed by atoms with Crippen molar-refractivity contribution in [1.29, 1.82) is 0 Å². The summed E-state index contributed by atoms with van der Waals surface area (Å²) in [7, 11) is 3.72. The first kappa shape index (κ1) is 12.8.